The number of halogens is 1. The van der Waals surface area contributed by atoms with Crippen molar-refractivity contribution >= 4 is 10.9 Å². The van der Waals surface area contributed by atoms with Crippen molar-refractivity contribution in [1.29, 1.82) is 0 Å². The fourth-order valence-electron chi connectivity index (χ4n) is 2.86. The van der Waals surface area contributed by atoms with Gasteiger partial charge >= 0.3 is 0 Å². The van der Waals surface area contributed by atoms with E-state index in [0.717, 1.165) is 33.3 Å². The molecule has 4 aromatic rings. The van der Waals surface area contributed by atoms with Crippen LogP contribution in [0.5, 0.6) is 5.75 Å². The number of benzene rings is 2. The van der Waals surface area contributed by atoms with Crippen LogP contribution in [0.25, 0.3) is 33.3 Å². The lowest BCUT2D eigenvalue weighted by Gasteiger charge is -2.12. The molecule has 1 N–H and O–H groups in total. The lowest BCUT2D eigenvalue weighted by Crippen LogP contribution is -1.95. The summed E-state index contributed by atoms with van der Waals surface area (Å²) in [5.41, 5.74) is 4.54. The first-order valence-electron chi connectivity index (χ1n) is 8.07. The highest BCUT2D eigenvalue weighted by atomic mass is 19.1. The molecular formula is C20H16FN3O. The van der Waals surface area contributed by atoms with Crippen LogP contribution in [0.4, 0.5) is 4.39 Å². The van der Waals surface area contributed by atoms with Crippen LogP contribution in [0, 0.1) is 5.82 Å². The molecule has 0 aliphatic carbocycles. The number of nitrogens with one attached hydrogen (secondary N) is 1. The zero-order valence-corrected chi connectivity index (χ0v) is 13.7. The summed E-state index contributed by atoms with van der Waals surface area (Å²) >= 11 is 0. The first-order valence-corrected chi connectivity index (χ1v) is 8.07. The van der Waals surface area contributed by atoms with Gasteiger partial charge < -0.3 is 4.74 Å². The van der Waals surface area contributed by atoms with Gasteiger partial charge in [-0.15, -0.1) is 0 Å². The minimum absolute atomic E-state index is 0.268. The van der Waals surface area contributed by atoms with Crippen molar-refractivity contribution in [3.8, 4) is 28.1 Å². The maximum absolute atomic E-state index is 13.3. The van der Waals surface area contributed by atoms with Gasteiger partial charge in [-0.2, -0.15) is 5.10 Å². The lowest BCUT2D eigenvalue weighted by atomic mass is 9.98. The van der Waals surface area contributed by atoms with Crippen molar-refractivity contribution in [3.63, 3.8) is 0 Å². The molecule has 2 aromatic heterocycles. The molecule has 0 radical (unpaired) electrons. The van der Waals surface area contributed by atoms with E-state index in [1.54, 1.807) is 24.5 Å². The zero-order valence-electron chi connectivity index (χ0n) is 13.7. The summed E-state index contributed by atoms with van der Waals surface area (Å²) < 4.78 is 18.9. The third kappa shape index (κ3) is 2.96. The van der Waals surface area contributed by atoms with Gasteiger partial charge in [-0.1, -0.05) is 6.07 Å². The normalized spacial score (nSPS) is 11.0. The molecule has 4 nitrogen and oxygen atoms in total. The summed E-state index contributed by atoms with van der Waals surface area (Å²) in [6.45, 7) is 2.50. The molecule has 0 amide bonds. The summed E-state index contributed by atoms with van der Waals surface area (Å²) in [5.74, 6) is 0.437. The van der Waals surface area contributed by atoms with E-state index in [4.69, 9.17) is 4.74 Å². The highest BCUT2D eigenvalue weighted by molar-refractivity contribution is 5.88. The Bertz CT molecular complexity index is 1020. The minimum Gasteiger partial charge on any atom is -0.492 e. The number of fused-ring (bicyclic) bond motifs is 1. The second kappa shape index (κ2) is 6.36. The van der Waals surface area contributed by atoms with Crippen molar-refractivity contribution < 1.29 is 9.13 Å². The standard InChI is InChI=1S/C20H16FN3O/c1-2-25-17-10-18(14-5-8-19-15(9-14)11-23-24-19)20(22-12-17)13-3-6-16(21)7-4-13/h3-12H,2H2,1H3,(H,23,24). The number of aromatic amines is 1. The molecule has 0 spiro atoms. The zero-order chi connectivity index (χ0) is 17.2. The number of hydrogen-bond acceptors (Lipinski definition) is 3. The van der Waals surface area contributed by atoms with Crippen LogP contribution < -0.4 is 4.74 Å². The van der Waals surface area contributed by atoms with E-state index in [1.807, 2.05) is 25.1 Å². The fourth-order valence-corrected chi connectivity index (χ4v) is 2.86. The molecule has 0 bridgehead atoms. The van der Waals surface area contributed by atoms with E-state index in [0.29, 0.717) is 12.4 Å². The smallest absolute Gasteiger partial charge is 0.138 e. The lowest BCUT2D eigenvalue weighted by molar-refractivity contribution is 0.339. The molecule has 0 saturated heterocycles. The fraction of sp³-hybridized carbons (Fsp3) is 0.100. The van der Waals surface area contributed by atoms with Crippen molar-refractivity contribution in [3.05, 3.63) is 66.7 Å². The topological polar surface area (TPSA) is 50.8 Å². The third-order valence-corrected chi connectivity index (χ3v) is 4.04. The minimum atomic E-state index is -0.268. The Morgan fingerprint density at radius 1 is 1.00 bits per heavy atom. The van der Waals surface area contributed by atoms with E-state index >= 15 is 0 Å². The van der Waals surface area contributed by atoms with Crippen LogP contribution in [0.15, 0.2) is 60.9 Å². The van der Waals surface area contributed by atoms with Gasteiger partial charge in [-0.05, 0) is 55.0 Å². The maximum Gasteiger partial charge on any atom is 0.138 e. The average molecular weight is 333 g/mol. The van der Waals surface area contributed by atoms with Crippen molar-refractivity contribution in [2.75, 3.05) is 6.61 Å². The predicted octanol–water partition coefficient (Wildman–Crippen LogP) is 4.83. The summed E-state index contributed by atoms with van der Waals surface area (Å²) in [4.78, 5) is 4.57. The molecule has 0 atom stereocenters. The average Bonchev–Trinajstić information content (AvgIpc) is 3.10. The summed E-state index contributed by atoms with van der Waals surface area (Å²) in [5, 5.41) is 8.03. The Morgan fingerprint density at radius 2 is 1.80 bits per heavy atom. The van der Waals surface area contributed by atoms with E-state index in [2.05, 4.69) is 21.2 Å². The highest BCUT2D eigenvalue weighted by Crippen LogP contribution is 2.34. The van der Waals surface area contributed by atoms with Gasteiger partial charge in [-0.3, -0.25) is 10.1 Å². The Balaban J connectivity index is 1.90. The molecule has 124 valence electrons. The molecule has 0 unspecified atom stereocenters. The monoisotopic (exact) mass is 333 g/mol. The molecular weight excluding hydrogens is 317 g/mol. The van der Waals surface area contributed by atoms with Crippen LogP contribution in [-0.4, -0.2) is 21.8 Å². The second-order valence-corrected chi connectivity index (χ2v) is 5.68. The molecule has 25 heavy (non-hydrogen) atoms. The first-order chi connectivity index (χ1) is 12.2. The van der Waals surface area contributed by atoms with Gasteiger partial charge in [0.25, 0.3) is 0 Å². The van der Waals surface area contributed by atoms with Gasteiger partial charge in [0.05, 0.1) is 30.2 Å². The predicted molar refractivity (Wildman–Crippen MR) is 95.9 cm³/mol. The van der Waals surface area contributed by atoms with Crippen LogP contribution >= 0.6 is 0 Å². The Morgan fingerprint density at radius 3 is 2.60 bits per heavy atom. The molecule has 5 heteroatoms. The van der Waals surface area contributed by atoms with E-state index in [-0.39, 0.29) is 5.82 Å². The highest BCUT2D eigenvalue weighted by Gasteiger charge is 2.12. The van der Waals surface area contributed by atoms with Gasteiger partial charge in [0.2, 0.25) is 0 Å². The third-order valence-electron chi connectivity index (χ3n) is 4.04. The van der Waals surface area contributed by atoms with Gasteiger partial charge in [0.1, 0.15) is 11.6 Å². The number of rotatable bonds is 4. The largest absolute Gasteiger partial charge is 0.492 e. The number of aromatic nitrogens is 3. The first kappa shape index (κ1) is 15.3. The van der Waals surface area contributed by atoms with Crippen molar-refractivity contribution in [2.24, 2.45) is 0 Å². The number of ether oxygens (including phenoxy) is 1. The molecule has 0 aliphatic heterocycles. The summed E-state index contributed by atoms with van der Waals surface area (Å²) in [7, 11) is 0. The molecule has 4 rings (SSSR count). The second-order valence-electron chi connectivity index (χ2n) is 5.68. The molecule has 0 fully saturated rings. The van der Waals surface area contributed by atoms with Gasteiger partial charge in [0.15, 0.2) is 0 Å². The van der Waals surface area contributed by atoms with Crippen LogP contribution in [0.2, 0.25) is 0 Å². The molecule has 0 saturated carbocycles. The maximum atomic E-state index is 13.3. The Kier molecular flexibility index (Phi) is 3.90. The Labute approximate surface area is 144 Å². The molecule has 2 aromatic carbocycles. The van der Waals surface area contributed by atoms with Crippen LogP contribution in [0.3, 0.4) is 0 Å². The summed E-state index contributed by atoms with van der Waals surface area (Å²) in [6.07, 6.45) is 3.48. The van der Waals surface area contributed by atoms with Gasteiger partial charge in [-0.25, -0.2) is 4.39 Å². The number of pyridine rings is 1. The van der Waals surface area contributed by atoms with Crippen molar-refractivity contribution in [1.82, 2.24) is 15.2 Å². The molecule has 2 heterocycles. The quantitative estimate of drug-likeness (QED) is 0.582. The summed E-state index contributed by atoms with van der Waals surface area (Å²) in [6, 6.07) is 14.4. The van der Waals surface area contributed by atoms with Gasteiger partial charge in [0, 0.05) is 16.5 Å². The number of H-pyrrole nitrogens is 1. The van der Waals surface area contributed by atoms with Crippen LogP contribution in [0.1, 0.15) is 6.92 Å². The Hall–Kier alpha value is -3.21. The van der Waals surface area contributed by atoms with Crippen LogP contribution in [-0.2, 0) is 0 Å². The van der Waals surface area contributed by atoms with E-state index in [9.17, 15) is 4.39 Å². The van der Waals surface area contributed by atoms with E-state index in [1.165, 1.54) is 12.1 Å². The van der Waals surface area contributed by atoms with Crippen molar-refractivity contribution in [2.45, 2.75) is 6.92 Å². The molecule has 0 aliphatic rings. The number of nitrogens with zero attached hydrogens (tertiary/aromatic N) is 2. The SMILES string of the molecule is CCOc1cnc(-c2ccc(F)cc2)c(-c2ccc3[nH]ncc3c2)c1. The van der Waals surface area contributed by atoms with E-state index < -0.39 is 0 Å². The number of hydrogen-bond donors (Lipinski definition) is 1.